The average Bonchev–Trinajstić information content (AvgIpc) is 2.63. The summed E-state index contributed by atoms with van der Waals surface area (Å²) in [5.74, 6) is 3.00. The quantitative estimate of drug-likeness (QED) is 0.429. The first-order chi connectivity index (χ1) is 8.56. The topological polar surface area (TPSA) is 74.7 Å². The first-order valence-corrected chi connectivity index (χ1v) is 5.75. The van der Waals surface area contributed by atoms with Crippen molar-refractivity contribution in [3.8, 4) is 11.8 Å². The normalized spacial score (nSPS) is 15.5. The fourth-order valence-corrected chi connectivity index (χ4v) is 1.70. The van der Waals surface area contributed by atoms with Crippen molar-refractivity contribution < 1.29 is 19.5 Å². The SMILES string of the molecule is CC#CC(CCCCN1C(=O)C=CC1=O)C(=O)O. The number of nitrogens with zero attached hydrogens (tertiary/aromatic N) is 1. The zero-order valence-corrected chi connectivity index (χ0v) is 10.2. The second-order valence-electron chi connectivity index (χ2n) is 3.94. The number of hydrogen-bond donors (Lipinski definition) is 1. The summed E-state index contributed by atoms with van der Waals surface area (Å²) in [5.41, 5.74) is 0. The minimum Gasteiger partial charge on any atom is -0.480 e. The number of hydrogen-bond acceptors (Lipinski definition) is 3. The summed E-state index contributed by atoms with van der Waals surface area (Å²) in [5, 5.41) is 8.87. The molecule has 1 atom stereocenters. The number of carbonyl (C=O) groups excluding carboxylic acids is 2. The van der Waals surface area contributed by atoms with Crippen LogP contribution in [0.4, 0.5) is 0 Å². The van der Waals surface area contributed by atoms with E-state index in [2.05, 4.69) is 11.8 Å². The molecule has 0 bridgehead atoms. The lowest BCUT2D eigenvalue weighted by Gasteiger charge is -2.13. The van der Waals surface area contributed by atoms with Gasteiger partial charge in [-0.25, -0.2) is 0 Å². The monoisotopic (exact) mass is 249 g/mol. The van der Waals surface area contributed by atoms with Crippen LogP contribution in [0.2, 0.25) is 0 Å². The number of rotatable bonds is 6. The van der Waals surface area contributed by atoms with Gasteiger partial charge >= 0.3 is 5.97 Å². The summed E-state index contributed by atoms with van der Waals surface area (Å²) in [4.78, 5) is 34.4. The Kier molecular flexibility index (Phi) is 5.12. The zero-order chi connectivity index (χ0) is 13.5. The summed E-state index contributed by atoms with van der Waals surface area (Å²) < 4.78 is 0. The van der Waals surface area contributed by atoms with Gasteiger partial charge in [0.2, 0.25) is 0 Å². The Morgan fingerprint density at radius 1 is 1.33 bits per heavy atom. The van der Waals surface area contributed by atoms with Crippen molar-refractivity contribution in [1.29, 1.82) is 0 Å². The van der Waals surface area contributed by atoms with Gasteiger partial charge in [-0.05, 0) is 26.2 Å². The van der Waals surface area contributed by atoms with E-state index in [4.69, 9.17) is 5.11 Å². The highest BCUT2D eigenvalue weighted by atomic mass is 16.4. The molecule has 1 heterocycles. The summed E-state index contributed by atoms with van der Waals surface area (Å²) >= 11 is 0. The minimum atomic E-state index is -0.931. The number of carboxylic acid groups (broad SMARTS) is 1. The first kappa shape index (κ1) is 14.0. The van der Waals surface area contributed by atoms with E-state index in [1.54, 1.807) is 6.92 Å². The Balaban J connectivity index is 2.29. The maximum absolute atomic E-state index is 11.2. The van der Waals surface area contributed by atoms with Gasteiger partial charge in [0.05, 0.1) is 0 Å². The number of aliphatic carboxylic acids is 1. The lowest BCUT2D eigenvalue weighted by atomic mass is 10.0. The van der Waals surface area contributed by atoms with Gasteiger partial charge in [0, 0.05) is 18.7 Å². The predicted molar refractivity (Wildman–Crippen MR) is 64.3 cm³/mol. The third-order valence-electron chi connectivity index (χ3n) is 2.64. The number of amides is 2. The number of carbonyl (C=O) groups is 3. The lowest BCUT2D eigenvalue weighted by Crippen LogP contribution is -2.30. The van der Waals surface area contributed by atoms with Crippen molar-refractivity contribution in [2.24, 2.45) is 5.92 Å². The molecule has 0 saturated carbocycles. The molecule has 96 valence electrons. The summed E-state index contributed by atoms with van der Waals surface area (Å²) in [6.07, 6.45) is 4.12. The molecule has 1 rings (SSSR count). The number of unbranched alkanes of at least 4 members (excludes halogenated alkanes) is 1. The smallest absolute Gasteiger partial charge is 0.318 e. The Labute approximate surface area is 105 Å². The van der Waals surface area contributed by atoms with Crippen LogP contribution in [-0.4, -0.2) is 34.3 Å². The number of imide groups is 1. The van der Waals surface area contributed by atoms with Gasteiger partial charge in [-0.2, -0.15) is 0 Å². The van der Waals surface area contributed by atoms with Crippen LogP contribution in [0.5, 0.6) is 0 Å². The van der Waals surface area contributed by atoms with E-state index in [-0.39, 0.29) is 11.8 Å². The van der Waals surface area contributed by atoms with Gasteiger partial charge in [0.25, 0.3) is 11.8 Å². The molecular weight excluding hydrogens is 234 g/mol. The van der Waals surface area contributed by atoms with Gasteiger partial charge in [-0.15, -0.1) is 5.92 Å². The molecule has 1 N–H and O–H groups in total. The van der Waals surface area contributed by atoms with Crippen LogP contribution in [0.1, 0.15) is 26.2 Å². The molecule has 2 amide bonds. The maximum atomic E-state index is 11.2. The van der Waals surface area contributed by atoms with Gasteiger partial charge in [-0.3, -0.25) is 19.3 Å². The Morgan fingerprint density at radius 3 is 2.44 bits per heavy atom. The van der Waals surface area contributed by atoms with Gasteiger partial charge in [0.15, 0.2) is 0 Å². The largest absolute Gasteiger partial charge is 0.480 e. The van der Waals surface area contributed by atoms with Gasteiger partial charge < -0.3 is 5.11 Å². The van der Waals surface area contributed by atoms with E-state index in [9.17, 15) is 14.4 Å². The molecule has 1 unspecified atom stereocenters. The number of carboxylic acids is 1. The van der Waals surface area contributed by atoms with E-state index in [1.165, 1.54) is 12.2 Å². The third kappa shape index (κ3) is 3.74. The molecular formula is C13H15NO4. The summed E-state index contributed by atoms with van der Waals surface area (Å²) in [6.45, 7) is 1.93. The molecule has 5 nitrogen and oxygen atoms in total. The Bertz CT molecular complexity index is 424. The third-order valence-corrected chi connectivity index (χ3v) is 2.64. The van der Waals surface area contributed by atoms with Crippen molar-refractivity contribution in [3.05, 3.63) is 12.2 Å². The van der Waals surface area contributed by atoms with Crippen LogP contribution in [0.25, 0.3) is 0 Å². The van der Waals surface area contributed by atoms with Crippen molar-refractivity contribution in [3.63, 3.8) is 0 Å². The average molecular weight is 249 g/mol. The van der Waals surface area contributed by atoms with Crippen molar-refractivity contribution in [2.75, 3.05) is 6.54 Å². The minimum absolute atomic E-state index is 0.303. The van der Waals surface area contributed by atoms with Gasteiger partial charge in [-0.1, -0.05) is 5.92 Å². The van der Waals surface area contributed by atoms with E-state index in [0.717, 1.165) is 4.90 Å². The van der Waals surface area contributed by atoms with Crippen molar-refractivity contribution >= 4 is 17.8 Å². The molecule has 0 aromatic rings. The summed E-state index contributed by atoms with van der Waals surface area (Å²) in [6, 6.07) is 0. The molecule has 0 aromatic heterocycles. The van der Waals surface area contributed by atoms with Crippen LogP contribution in [0.15, 0.2) is 12.2 Å². The van der Waals surface area contributed by atoms with E-state index in [0.29, 0.717) is 25.8 Å². The van der Waals surface area contributed by atoms with Crippen LogP contribution in [-0.2, 0) is 14.4 Å². The van der Waals surface area contributed by atoms with Crippen LogP contribution >= 0.6 is 0 Å². The molecule has 5 heteroatoms. The highest BCUT2D eigenvalue weighted by Crippen LogP contribution is 2.11. The van der Waals surface area contributed by atoms with Crippen molar-refractivity contribution in [2.45, 2.75) is 26.2 Å². The predicted octanol–water partition coefficient (Wildman–Crippen LogP) is 0.806. The van der Waals surface area contributed by atoms with E-state index < -0.39 is 11.9 Å². The molecule has 18 heavy (non-hydrogen) atoms. The molecule has 0 spiro atoms. The molecule has 0 aliphatic carbocycles. The zero-order valence-electron chi connectivity index (χ0n) is 10.2. The van der Waals surface area contributed by atoms with Crippen LogP contribution < -0.4 is 0 Å². The lowest BCUT2D eigenvalue weighted by molar-refractivity contribution is -0.140. The van der Waals surface area contributed by atoms with Crippen LogP contribution in [0, 0.1) is 17.8 Å². The molecule has 1 aliphatic heterocycles. The first-order valence-electron chi connectivity index (χ1n) is 5.75. The van der Waals surface area contributed by atoms with Gasteiger partial charge in [0.1, 0.15) is 5.92 Å². The highest BCUT2D eigenvalue weighted by Gasteiger charge is 2.22. The van der Waals surface area contributed by atoms with Crippen molar-refractivity contribution in [1.82, 2.24) is 4.90 Å². The van der Waals surface area contributed by atoms with E-state index >= 15 is 0 Å². The Morgan fingerprint density at radius 2 is 1.94 bits per heavy atom. The van der Waals surface area contributed by atoms with Crippen LogP contribution in [0.3, 0.4) is 0 Å². The standard InChI is InChI=1S/C13H15NO4/c1-2-5-10(13(17)18)6-3-4-9-14-11(15)7-8-12(14)16/h7-8,10H,3-4,6,9H2,1H3,(H,17,18). The second kappa shape index (κ2) is 6.60. The summed E-state index contributed by atoms with van der Waals surface area (Å²) in [7, 11) is 0. The fraction of sp³-hybridized carbons (Fsp3) is 0.462. The molecule has 0 radical (unpaired) electrons. The second-order valence-corrected chi connectivity index (χ2v) is 3.94. The molecule has 0 saturated heterocycles. The molecule has 0 fully saturated rings. The van der Waals surface area contributed by atoms with E-state index in [1.807, 2.05) is 0 Å². The Hall–Kier alpha value is -2.09. The molecule has 1 aliphatic rings. The maximum Gasteiger partial charge on any atom is 0.318 e. The highest BCUT2D eigenvalue weighted by molar-refractivity contribution is 6.12. The molecule has 0 aromatic carbocycles. The fourth-order valence-electron chi connectivity index (χ4n) is 1.70.